The summed E-state index contributed by atoms with van der Waals surface area (Å²) >= 11 is 1.51. The van der Waals surface area contributed by atoms with E-state index in [0.29, 0.717) is 6.07 Å². The first-order chi connectivity index (χ1) is 6.73. The zero-order chi connectivity index (χ0) is 11.8. The predicted molar refractivity (Wildman–Crippen MR) is 54.1 cm³/mol. The van der Waals surface area contributed by atoms with Crippen molar-refractivity contribution in [3.8, 4) is 0 Å². The summed E-state index contributed by atoms with van der Waals surface area (Å²) in [5.74, 6) is -1.73. The Hall–Kier alpha value is -0.660. The second kappa shape index (κ2) is 4.07. The number of benzene rings is 1. The molecule has 15 heavy (non-hydrogen) atoms. The predicted octanol–water partition coefficient (Wildman–Crippen LogP) is 3.65. The molecular formula is C9H5F4IO. The molecule has 0 aliphatic heterocycles. The Morgan fingerprint density at radius 1 is 1.33 bits per heavy atom. The third-order valence-electron chi connectivity index (χ3n) is 1.72. The lowest BCUT2D eigenvalue weighted by Gasteiger charge is -2.09. The molecule has 6 heteroatoms. The molecule has 0 spiro atoms. The second-order valence-electron chi connectivity index (χ2n) is 2.87. The Balaban J connectivity index is 3.39. The Kier molecular flexibility index (Phi) is 3.37. The van der Waals surface area contributed by atoms with E-state index in [1.807, 2.05) is 0 Å². The van der Waals surface area contributed by atoms with Gasteiger partial charge in [0, 0.05) is 3.57 Å². The van der Waals surface area contributed by atoms with E-state index < -0.39 is 23.3 Å². The monoisotopic (exact) mass is 332 g/mol. The first-order valence-corrected chi connectivity index (χ1v) is 4.88. The van der Waals surface area contributed by atoms with Crippen LogP contribution in [-0.2, 0) is 6.18 Å². The van der Waals surface area contributed by atoms with Gasteiger partial charge >= 0.3 is 6.18 Å². The van der Waals surface area contributed by atoms with Crippen LogP contribution in [0.4, 0.5) is 17.6 Å². The van der Waals surface area contributed by atoms with Gasteiger partial charge in [-0.25, -0.2) is 4.39 Å². The summed E-state index contributed by atoms with van der Waals surface area (Å²) in [6, 6.07) is 1.08. The Morgan fingerprint density at radius 2 is 1.87 bits per heavy atom. The summed E-state index contributed by atoms with van der Waals surface area (Å²) in [5.41, 5.74) is -1.39. The number of hydrogen-bond donors (Lipinski definition) is 0. The summed E-state index contributed by atoms with van der Waals surface area (Å²) in [7, 11) is 0. The molecule has 0 aliphatic carbocycles. The van der Waals surface area contributed by atoms with Gasteiger partial charge in [-0.3, -0.25) is 4.79 Å². The number of carbonyl (C=O) groups excluding carboxylic acids is 1. The third-order valence-corrected chi connectivity index (χ3v) is 2.57. The molecule has 1 aromatic rings. The highest BCUT2D eigenvalue weighted by molar-refractivity contribution is 14.1. The number of halogens is 5. The third kappa shape index (κ3) is 2.67. The standard InChI is InChI=1S/C9H5F4IO/c1-4(15)8-6(10)2-5(3-7(8)14)9(11,12)13/h2-3H,1H3. The number of carbonyl (C=O) groups is 1. The molecule has 1 rings (SSSR count). The highest BCUT2D eigenvalue weighted by Gasteiger charge is 2.32. The second-order valence-corrected chi connectivity index (χ2v) is 4.03. The van der Waals surface area contributed by atoms with E-state index in [1.165, 1.54) is 22.6 Å². The lowest BCUT2D eigenvalue weighted by molar-refractivity contribution is -0.137. The minimum absolute atomic E-state index is 0.0348. The topological polar surface area (TPSA) is 17.1 Å². The van der Waals surface area contributed by atoms with Crippen molar-refractivity contribution < 1.29 is 22.4 Å². The van der Waals surface area contributed by atoms with Gasteiger partial charge in [0.1, 0.15) is 5.82 Å². The van der Waals surface area contributed by atoms with Crippen molar-refractivity contribution >= 4 is 28.4 Å². The van der Waals surface area contributed by atoms with Crippen LogP contribution >= 0.6 is 22.6 Å². The van der Waals surface area contributed by atoms with Gasteiger partial charge < -0.3 is 0 Å². The van der Waals surface area contributed by atoms with Crippen LogP contribution in [0.3, 0.4) is 0 Å². The fourth-order valence-corrected chi connectivity index (χ4v) is 2.05. The number of hydrogen-bond acceptors (Lipinski definition) is 1. The van der Waals surface area contributed by atoms with E-state index >= 15 is 0 Å². The van der Waals surface area contributed by atoms with Crippen molar-refractivity contribution in [1.82, 2.24) is 0 Å². The van der Waals surface area contributed by atoms with E-state index in [9.17, 15) is 22.4 Å². The van der Waals surface area contributed by atoms with Crippen LogP contribution in [0.1, 0.15) is 22.8 Å². The van der Waals surface area contributed by atoms with Crippen molar-refractivity contribution in [2.75, 3.05) is 0 Å². The van der Waals surface area contributed by atoms with E-state index in [1.54, 1.807) is 0 Å². The maximum absolute atomic E-state index is 13.2. The molecule has 0 fully saturated rings. The molecule has 0 saturated carbocycles. The van der Waals surface area contributed by atoms with Gasteiger partial charge in [-0.05, 0) is 41.6 Å². The molecule has 0 unspecified atom stereocenters. The Bertz CT molecular complexity index is 388. The number of Topliss-reactive ketones (excluding diaryl/α,β-unsaturated/α-hetero) is 1. The molecule has 1 nitrogen and oxygen atoms in total. The number of rotatable bonds is 1. The van der Waals surface area contributed by atoms with Crippen molar-refractivity contribution in [2.24, 2.45) is 0 Å². The molecule has 0 aromatic heterocycles. The van der Waals surface area contributed by atoms with Gasteiger partial charge in [0.15, 0.2) is 5.78 Å². The van der Waals surface area contributed by atoms with E-state index in [0.717, 1.165) is 13.0 Å². The highest BCUT2D eigenvalue weighted by atomic mass is 127. The molecule has 0 amide bonds. The van der Waals surface area contributed by atoms with Gasteiger partial charge in [0.2, 0.25) is 0 Å². The van der Waals surface area contributed by atoms with Gasteiger partial charge in [0.05, 0.1) is 11.1 Å². The van der Waals surface area contributed by atoms with Crippen LogP contribution in [0.25, 0.3) is 0 Å². The average molecular weight is 332 g/mol. The number of ketones is 1. The molecule has 0 aliphatic rings. The van der Waals surface area contributed by atoms with Crippen molar-refractivity contribution in [3.63, 3.8) is 0 Å². The highest BCUT2D eigenvalue weighted by Crippen LogP contribution is 2.32. The quantitative estimate of drug-likeness (QED) is 0.436. The van der Waals surface area contributed by atoms with E-state index in [2.05, 4.69) is 0 Å². The maximum Gasteiger partial charge on any atom is 0.416 e. The van der Waals surface area contributed by atoms with Crippen LogP contribution in [0, 0.1) is 9.39 Å². The Labute approximate surface area is 96.6 Å². The van der Waals surface area contributed by atoms with Crippen LogP contribution in [-0.4, -0.2) is 5.78 Å². The fourth-order valence-electron chi connectivity index (χ4n) is 1.07. The maximum atomic E-state index is 13.2. The molecule has 0 radical (unpaired) electrons. The minimum atomic E-state index is -4.60. The normalized spacial score (nSPS) is 11.6. The average Bonchev–Trinajstić information content (AvgIpc) is 1.99. The first kappa shape index (κ1) is 12.4. The van der Waals surface area contributed by atoms with Crippen molar-refractivity contribution in [3.05, 3.63) is 32.6 Å². The fraction of sp³-hybridized carbons (Fsp3) is 0.222. The molecule has 1 aromatic carbocycles. The molecular weight excluding hydrogens is 327 g/mol. The summed E-state index contributed by atoms with van der Waals surface area (Å²) in [5, 5.41) is 0. The zero-order valence-electron chi connectivity index (χ0n) is 7.45. The smallest absolute Gasteiger partial charge is 0.294 e. The minimum Gasteiger partial charge on any atom is -0.294 e. The molecule has 0 bridgehead atoms. The van der Waals surface area contributed by atoms with Crippen LogP contribution < -0.4 is 0 Å². The Morgan fingerprint density at radius 3 is 2.20 bits per heavy atom. The van der Waals surface area contributed by atoms with Crippen LogP contribution in [0.5, 0.6) is 0 Å². The first-order valence-electron chi connectivity index (χ1n) is 3.80. The summed E-state index contributed by atoms with van der Waals surface area (Å²) in [4.78, 5) is 10.9. The zero-order valence-corrected chi connectivity index (χ0v) is 9.61. The van der Waals surface area contributed by atoms with Crippen molar-refractivity contribution in [2.45, 2.75) is 13.1 Å². The summed E-state index contributed by atoms with van der Waals surface area (Å²) in [6.07, 6.45) is -4.60. The molecule has 82 valence electrons. The number of alkyl halides is 3. The van der Waals surface area contributed by atoms with Gasteiger partial charge in [0.25, 0.3) is 0 Å². The SMILES string of the molecule is CC(=O)c1c(F)cc(C(F)(F)F)cc1I. The van der Waals surface area contributed by atoms with Crippen LogP contribution in [0.2, 0.25) is 0 Å². The van der Waals surface area contributed by atoms with Crippen LogP contribution in [0.15, 0.2) is 12.1 Å². The lowest BCUT2D eigenvalue weighted by Crippen LogP contribution is -2.09. The van der Waals surface area contributed by atoms with E-state index in [4.69, 9.17) is 0 Å². The summed E-state index contributed by atoms with van der Waals surface area (Å²) < 4.78 is 49.8. The van der Waals surface area contributed by atoms with Gasteiger partial charge in [-0.1, -0.05) is 0 Å². The molecule has 0 saturated heterocycles. The summed E-state index contributed by atoms with van der Waals surface area (Å²) in [6.45, 7) is 1.10. The largest absolute Gasteiger partial charge is 0.416 e. The van der Waals surface area contributed by atoms with Gasteiger partial charge in [-0.2, -0.15) is 13.2 Å². The van der Waals surface area contributed by atoms with E-state index in [-0.39, 0.29) is 9.13 Å². The lowest BCUT2D eigenvalue weighted by atomic mass is 10.1. The van der Waals surface area contributed by atoms with Crippen molar-refractivity contribution in [1.29, 1.82) is 0 Å². The molecule has 0 N–H and O–H groups in total. The molecule has 0 atom stereocenters. The molecule has 0 heterocycles. The van der Waals surface area contributed by atoms with Gasteiger partial charge in [-0.15, -0.1) is 0 Å².